The lowest BCUT2D eigenvalue weighted by Gasteiger charge is -2.26. The zero-order valence-electron chi connectivity index (χ0n) is 13.2. The highest BCUT2D eigenvalue weighted by molar-refractivity contribution is 5.14. The average molecular weight is 316 g/mol. The van der Waals surface area contributed by atoms with Gasteiger partial charge in [-0.05, 0) is 17.5 Å². The van der Waals surface area contributed by atoms with Crippen molar-refractivity contribution in [3.8, 4) is 0 Å². The lowest BCUT2D eigenvalue weighted by atomic mass is 10.1. The van der Waals surface area contributed by atoms with Gasteiger partial charge in [0.05, 0.1) is 25.9 Å². The van der Waals surface area contributed by atoms with Gasteiger partial charge in [0, 0.05) is 6.61 Å². The Hall–Kier alpha value is -1.72. The van der Waals surface area contributed by atoms with Crippen molar-refractivity contribution in [2.24, 2.45) is 0 Å². The molecule has 0 unspecified atom stereocenters. The molecule has 2 atom stereocenters. The molecular weight excluding hydrogens is 292 g/mol. The van der Waals surface area contributed by atoms with Crippen molar-refractivity contribution in [1.82, 2.24) is 0 Å². The number of aliphatic hydroxyl groups is 2. The van der Waals surface area contributed by atoms with Gasteiger partial charge >= 0.3 is 0 Å². The van der Waals surface area contributed by atoms with Gasteiger partial charge in [-0.1, -0.05) is 60.7 Å². The Balaban J connectivity index is 1.90. The minimum absolute atomic E-state index is 0.00927. The zero-order chi connectivity index (χ0) is 16.3. The van der Waals surface area contributed by atoms with Crippen molar-refractivity contribution < 1.29 is 19.7 Å². The first-order chi connectivity index (χ1) is 11.3. The highest BCUT2D eigenvalue weighted by Crippen LogP contribution is 2.14. The molecule has 0 aromatic heterocycles. The maximum atomic E-state index is 9.61. The Morgan fingerprint density at radius 1 is 0.696 bits per heavy atom. The van der Waals surface area contributed by atoms with E-state index in [1.165, 1.54) is 0 Å². The summed E-state index contributed by atoms with van der Waals surface area (Å²) in [6.07, 6.45) is -0.396. The molecule has 0 spiro atoms. The lowest BCUT2D eigenvalue weighted by Crippen LogP contribution is -2.35. The van der Waals surface area contributed by atoms with Crippen molar-refractivity contribution in [1.29, 1.82) is 0 Å². The molecule has 0 aliphatic rings. The molecule has 0 saturated heterocycles. The van der Waals surface area contributed by atoms with E-state index in [0.29, 0.717) is 19.6 Å². The molecule has 0 radical (unpaired) electrons. The van der Waals surface area contributed by atoms with E-state index in [1.807, 2.05) is 60.7 Å². The van der Waals surface area contributed by atoms with Gasteiger partial charge in [0.1, 0.15) is 6.10 Å². The molecular formula is C19H24O4. The van der Waals surface area contributed by atoms with Crippen LogP contribution in [0.25, 0.3) is 0 Å². The second kappa shape index (κ2) is 10.1. The molecule has 4 heteroatoms. The largest absolute Gasteiger partial charge is 0.396 e. The molecule has 124 valence electrons. The first-order valence-electron chi connectivity index (χ1n) is 7.86. The van der Waals surface area contributed by atoms with Crippen LogP contribution in [0.3, 0.4) is 0 Å². The monoisotopic (exact) mass is 316 g/mol. The predicted octanol–water partition coefficient (Wildman–Crippen LogP) is 2.53. The van der Waals surface area contributed by atoms with E-state index in [9.17, 15) is 10.2 Å². The van der Waals surface area contributed by atoms with Crippen LogP contribution in [0.5, 0.6) is 0 Å². The molecule has 0 heterocycles. The minimum atomic E-state index is -0.467. The van der Waals surface area contributed by atoms with Crippen LogP contribution in [0.4, 0.5) is 0 Å². The van der Waals surface area contributed by atoms with Crippen molar-refractivity contribution in [3.05, 3.63) is 71.8 Å². The molecule has 4 nitrogen and oxygen atoms in total. The van der Waals surface area contributed by atoms with Gasteiger partial charge in [-0.25, -0.2) is 0 Å². The zero-order valence-corrected chi connectivity index (χ0v) is 13.2. The van der Waals surface area contributed by atoms with E-state index in [4.69, 9.17) is 9.47 Å². The summed E-state index contributed by atoms with van der Waals surface area (Å²) in [7, 11) is 0. The summed E-state index contributed by atoms with van der Waals surface area (Å²) < 4.78 is 11.7. The quantitative estimate of drug-likeness (QED) is 0.707. The Kier molecular flexibility index (Phi) is 7.77. The van der Waals surface area contributed by atoms with Gasteiger partial charge in [0.15, 0.2) is 0 Å². The van der Waals surface area contributed by atoms with Crippen LogP contribution >= 0.6 is 0 Å². The number of hydrogen-bond donors (Lipinski definition) is 2. The summed E-state index contributed by atoms with van der Waals surface area (Å²) in [5, 5.41) is 18.9. The third kappa shape index (κ3) is 6.12. The predicted molar refractivity (Wildman–Crippen MR) is 88.8 cm³/mol. The molecule has 2 aromatic rings. The van der Waals surface area contributed by atoms with Crippen LogP contribution in [-0.2, 0) is 22.7 Å². The second-order valence-electron chi connectivity index (χ2n) is 5.36. The van der Waals surface area contributed by atoms with E-state index >= 15 is 0 Å². The molecule has 0 saturated carbocycles. The fraction of sp³-hybridized carbons (Fsp3) is 0.368. The number of rotatable bonds is 10. The molecule has 0 aliphatic heterocycles. The van der Waals surface area contributed by atoms with Gasteiger partial charge in [0.2, 0.25) is 0 Å². The summed E-state index contributed by atoms with van der Waals surface area (Å²) in [6, 6.07) is 19.6. The number of aliphatic hydroxyl groups excluding tert-OH is 2. The van der Waals surface area contributed by atoms with Crippen LogP contribution in [0.1, 0.15) is 17.5 Å². The third-order valence-electron chi connectivity index (χ3n) is 3.62. The molecule has 2 N–H and O–H groups in total. The van der Waals surface area contributed by atoms with E-state index in [0.717, 1.165) is 11.1 Å². The smallest absolute Gasteiger partial charge is 0.107 e. The third-order valence-corrected chi connectivity index (χ3v) is 3.62. The van der Waals surface area contributed by atoms with Gasteiger partial charge in [-0.15, -0.1) is 0 Å². The highest BCUT2D eigenvalue weighted by Gasteiger charge is 2.22. The SMILES string of the molecule is OCC[C@H](OCc1ccccc1)[C@@H](CO)OCc1ccccc1. The Morgan fingerprint density at radius 3 is 1.61 bits per heavy atom. The molecule has 0 aliphatic carbocycles. The van der Waals surface area contributed by atoms with Gasteiger partial charge < -0.3 is 19.7 Å². The van der Waals surface area contributed by atoms with E-state index in [-0.39, 0.29) is 19.3 Å². The maximum absolute atomic E-state index is 9.61. The van der Waals surface area contributed by atoms with Crippen molar-refractivity contribution in [2.45, 2.75) is 31.8 Å². The molecule has 23 heavy (non-hydrogen) atoms. The second-order valence-corrected chi connectivity index (χ2v) is 5.36. The van der Waals surface area contributed by atoms with Crippen LogP contribution in [0.15, 0.2) is 60.7 Å². The maximum Gasteiger partial charge on any atom is 0.107 e. The Labute approximate surface area is 137 Å². The Morgan fingerprint density at radius 2 is 1.17 bits per heavy atom. The van der Waals surface area contributed by atoms with Crippen molar-refractivity contribution in [2.75, 3.05) is 13.2 Å². The number of benzene rings is 2. The van der Waals surface area contributed by atoms with Crippen LogP contribution < -0.4 is 0 Å². The fourth-order valence-corrected chi connectivity index (χ4v) is 2.34. The first kappa shape index (κ1) is 17.6. The summed E-state index contributed by atoms with van der Waals surface area (Å²) in [4.78, 5) is 0. The Bertz CT molecular complexity index is 530. The normalized spacial score (nSPS) is 13.7. The number of ether oxygens (including phenoxy) is 2. The topological polar surface area (TPSA) is 58.9 Å². The van der Waals surface area contributed by atoms with Crippen LogP contribution in [0, 0.1) is 0 Å². The van der Waals surface area contributed by atoms with Gasteiger partial charge in [-0.2, -0.15) is 0 Å². The standard InChI is InChI=1S/C19H24O4/c20-12-11-18(22-14-16-7-3-1-4-8-16)19(13-21)23-15-17-9-5-2-6-10-17/h1-10,18-21H,11-15H2/t18-,19+/m0/s1. The van der Waals surface area contributed by atoms with Crippen molar-refractivity contribution >= 4 is 0 Å². The fourth-order valence-electron chi connectivity index (χ4n) is 2.34. The van der Waals surface area contributed by atoms with Crippen LogP contribution in [0.2, 0.25) is 0 Å². The van der Waals surface area contributed by atoms with E-state index in [2.05, 4.69) is 0 Å². The van der Waals surface area contributed by atoms with Gasteiger partial charge in [0.25, 0.3) is 0 Å². The van der Waals surface area contributed by atoms with E-state index in [1.54, 1.807) is 0 Å². The number of hydrogen-bond acceptors (Lipinski definition) is 4. The minimum Gasteiger partial charge on any atom is -0.396 e. The summed E-state index contributed by atoms with van der Waals surface area (Å²) in [5.41, 5.74) is 2.09. The molecule has 2 rings (SSSR count). The summed E-state index contributed by atoms with van der Waals surface area (Å²) in [6.45, 7) is 0.677. The highest BCUT2D eigenvalue weighted by atomic mass is 16.5. The molecule has 0 bridgehead atoms. The average Bonchev–Trinajstić information content (AvgIpc) is 2.62. The lowest BCUT2D eigenvalue weighted by molar-refractivity contribution is -0.110. The molecule has 0 fully saturated rings. The van der Waals surface area contributed by atoms with Gasteiger partial charge in [-0.3, -0.25) is 0 Å². The van der Waals surface area contributed by atoms with Crippen LogP contribution in [-0.4, -0.2) is 35.6 Å². The summed E-state index contributed by atoms with van der Waals surface area (Å²) in [5.74, 6) is 0. The first-order valence-corrected chi connectivity index (χ1v) is 7.86. The van der Waals surface area contributed by atoms with E-state index < -0.39 is 6.10 Å². The summed E-state index contributed by atoms with van der Waals surface area (Å²) >= 11 is 0. The molecule has 2 aromatic carbocycles. The van der Waals surface area contributed by atoms with Crippen molar-refractivity contribution in [3.63, 3.8) is 0 Å². The molecule has 0 amide bonds.